The van der Waals surface area contributed by atoms with Crippen LogP contribution < -0.4 is 5.32 Å². The number of carbonyl (C=O) groups is 1. The van der Waals surface area contributed by atoms with Crippen molar-refractivity contribution < 1.29 is 13.8 Å². The number of hydrogen-bond acceptors (Lipinski definition) is 6. The number of rotatable bonds is 5. The first-order valence-corrected chi connectivity index (χ1v) is 8.38. The van der Waals surface area contributed by atoms with Crippen LogP contribution in [0.2, 0.25) is 0 Å². The summed E-state index contributed by atoms with van der Waals surface area (Å²) < 4.78 is 12.1. The minimum Gasteiger partial charge on any atom is -0.360 e. The molecule has 3 heterocycles. The molecular formula is C19H17N5O3. The van der Waals surface area contributed by atoms with E-state index >= 15 is 0 Å². The van der Waals surface area contributed by atoms with Crippen LogP contribution in [-0.2, 0) is 11.3 Å². The predicted octanol–water partition coefficient (Wildman–Crippen LogP) is 3.45. The van der Waals surface area contributed by atoms with Gasteiger partial charge in [-0.15, -0.1) is 0 Å². The molecule has 1 aromatic carbocycles. The molecule has 8 nitrogen and oxygen atoms in total. The molecule has 0 aliphatic rings. The maximum Gasteiger partial charge on any atom is 0.274 e. The third-order valence-corrected chi connectivity index (χ3v) is 3.99. The Kier molecular flexibility index (Phi) is 4.29. The molecule has 4 rings (SSSR count). The van der Waals surface area contributed by atoms with E-state index in [1.807, 2.05) is 43.3 Å². The Balaban J connectivity index is 1.52. The van der Waals surface area contributed by atoms with Gasteiger partial charge in [0.05, 0.1) is 0 Å². The number of aromatic nitrogens is 4. The van der Waals surface area contributed by atoms with Crippen LogP contribution >= 0.6 is 0 Å². The molecule has 0 saturated carbocycles. The van der Waals surface area contributed by atoms with Gasteiger partial charge in [0, 0.05) is 17.8 Å². The lowest BCUT2D eigenvalue weighted by atomic mass is 10.1. The quantitative estimate of drug-likeness (QED) is 0.583. The number of aryl methyl sites for hydroxylation is 2. The summed E-state index contributed by atoms with van der Waals surface area (Å²) in [5, 5.41) is 10.5. The molecule has 0 aliphatic carbocycles. The lowest BCUT2D eigenvalue weighted by molar-refractivity contribution is -0.116. The molecular weight excluding hydrogens is 346 g/mol. The topological polar surface area (TPSA) is 99.0 Å². The number of carbonyl (C=O) groups excluding carboxylic acids is 1. The van der Waals surface area contributed by atoms with E-state index in [2.05, 4.69) is 20.6 Å². The first kappa shape index (κ1) is 16.8. The second kappa shape index (κ2) is 6.91. The number of anilines is 1. The highest BCUT2D eigenvalue weighted by atomic mass is 16.5. The molecule has 0 atom stereocenters. The summed E-state index contributed by atoms with van der Waals surface area (Å²) in [6.45, 7) is 3.86. The second-order valence-electron chi connectivity index (χ2n) is 6.18. The molecule has 0 saturated heterocycles. The third-order valence-electron chi connectivity index (χ3n) is 3.99. The zero-order chi connectivity index (χ0) is 18.8. The van der Waals surface area contributed by atoms with Gasteiger partial charge in [0.15, 0.2) is 5.82 Å². The van der Waals surface area contributed by atoms with E-state index in [1.165, 1.54) is 0 Å². The molecule has 27 heavy (non-hydrogen) atoms. The average Bonchev–Trinajstić information content (AvgIpc) is 3.37. The van der Waals surface area contributed by atoms with Crippen molar-refractivity contribution in [1.82, 2.24) is 19.9 Å². The van der Waals surface area contributed by atoms with Crippen LogP contribution in [0.1, 0.15) is 11.3 Å². The first-order valence-electron chi connectivity index (χ1n) is 8.38. The Morgan fingerprint density at radius 2 is 1.93 bits per heavy atom. The fourth-order valence-corrected chi connectivity index (χ4v) is 2.66. The largest absolute Gasteiger partial charge is 0.360 e. The van der Waals surface area contributed by atoms with Gasteiger partial charge in [-0.2, -0.15) is 4.98 Å². The summed E-state index contributed by atoms with van der Waals surface area (Å²) in [6, 6.07) is 13.2. The van der Waals surface area contributed by atoms with Crippen LogP contribution in [0.15, 0.2) is 57.7 Å². The number of nitrogens with one attached hydrogen (secondary N) is 1. The van der Waals surface area contributed by atoms with Gasteiger partial charge < -0.3 is 18.9 Å². The Bertz CT molecular complexity index is 1070. The van der Waals surface area contributed by atoms with Gasteiger partial charge in [0.25, 0.3) is 5.89 Å². The van der Waals surface area contributed by atoms with Crippen molar-refractivity contribution in [3.05, 3.63) is 60.0 Å². The Hall–Kier alpha value is -3.68. The Labute approximate surface area is 154 Å². The lowest BCUT2D eigenvalue weighted by Gasteiger charge is -2.05. The van der Waals surface area contributed by atoms with Crippen LogP contribution in [-0.4, -0.2) is 25.8 Å². The highest BCUT2D eigenvalue weighted by Gasteiger charge is 2.16. The zero-order valence-electron chi connectivity index (χ0n) is 14.8. The van der Waals surface area contributed by atoms with Crippen molar-refractivity contribution in [2.75, 3.05) is 5.32 Å². The van der Waals surface area contributed by atoms with Gasteiger partial charge in [-0.3, -0.25) is 4.79 Å². The van der Waals surface area contributed by atoms with E-state index in [-0.39, 0.29) is 12.5 Å². The van der Waals surface area contributed by atoms with Gasteiger partial charge in [0.2, 0.25) is 11.7 Å². The minimum absolute atomic E-state index is 0.0798. The van der Waals surface area contributed by atoms with Gasteiger partial charge in [0.1, 0.15) is 18.0 Å². The predicted molar refractivity (Wildman–Crippen MR) is 97.8 cm³/mol. The van der Waals surface area contributed by atoms with Crippen LogP contribution in [0.25, 0.3) is 23.0 Å². The van der Waals surface area contributed by atoms with Crippen molar-refractivity contribution in [2.45, 2.75) is 20.4 Å². The van der Waals surface area contributed by atoms with E-state index in [4.69, 9.17) is 9.05 Å². The second-order valence-corrected chi connectivity index (χ2v) is 6.18. The molecule has 0 aliphatic heterocycles. The van der Waals surface area contributed by atoms with Crippen molar-refractivity contribution in [3.8, 4) is 23.0 Å². The highest BCUT2D eigenvalue weighted by Crippen LogP contribution is 2.23. The number of hydrogen-bond donors (Lipinski definition) is 1. The smallest absolute Gasteiger partial charge is 0.274 e. The van der Waals surface area contributed by atoms with Gasteiger partial charge in [-0.1, -0.05) is 40.1 Å². The molecule has 136 valence electrons. The maximum atomic E-state index is 12.3. The summed E-state index contributed by atoms with van der Waals surface area (Å²) in [4.78, 5) is 16.7. The minimum atomic E-state index is -0.237. The molecule has 1 N–H and O–H groups in total. The lowest BCUT2D eigenvalue weighted by Crippen LogP contribution is -2.19. The van der Waals surface area contributed by atoms with Crippen LogP contribution in [0, 0.1) is 13.8 Å². The van der Waals surface area contributed by atoms with E-state index < -0.39 is 0 Å². The number of amides is 1. The molecule has 0 bridgehead atoms. The fourth-order valence-electron chi connectivity index (χ4n) is 2.66. The van der Waals surface area contributed by atoms with E-state index in [9.17, 15) is 4.79 Å². The normalized spacial score (nSPS) is 10.9. The third kappa shape index (κ3) is 3.64. The standard InChI is InChI=1S/C19H17N5O3/c1-12-5-7-14(8-6-12)18-21-19(27-23-18)15-4-3-9-24(15)11-17(25)20-16-10-13(2)26-22-16/h3-10H,11H2,1-2H3,(H,20,22,25). The van der Waals surface area contributed by atoms with Gasteiger partial charge in [-0.05, 0) is 26.0 Å². The molecule has 0 fully saturated rings. The maximum absolute atomic E-state index is 12.3. The van der Waals surface area contributed by atoms with Crippen molar-refractivity contribution >= 4 is 11.7 Å². The average molecular weight is 363 g/mol. The summed E-state index contributed by atoms with van der Waals surface area (Å²) in [7, 11) is 0. The van der Waals surface area contributed by atoms with E-state index in [0.717, 1.165) is 11.1 Å². The Morgan fingerprint density at radius 3 is 2.67 bits per heavy atom. The summed E-state index contributed by atoms with van der Waals surface area (Å²) in [6.07, 6.45) is 1.78. The van der Waals surface area contributed by atoms with Crippen LogP contribution in [0.5, 0.6) is 0 Å². The molecule has 4 aromatic rings. The van der Waals surface area contributed by atoms with Crippen molar-refractivity contribution in [1.29, 1.82) is 0 Å². The molecule has 1 amide bonds. The molecule has 3 aromatic heterocycles. The molecule has 0 spiro atoms. The van der Waals surface area contributed by atoms with Crippen molar-refractivity contribution in [2.24, 2.45) is 0 Å². The SMILES string of the molecule is Cc1ccc(-c2noc(-c3cccn3CC(=O)Nc3cc(C)on3)n2)cc1. The van der Waals surface area contributed by atoms with Crippen LogP contribution in [0.4, 0.5) is 5.82 Å². The fraction of sp³-hybridized carbons (Fsp3) is 0.158. The molecule has 8 heteroatoms. The molecule has 0 unspecified atom stereocenters. The summed E-state index contributed by atoms with van der Waals surface area (Å²) >= 11 is 0. The van der Waals surface area contributed by atoms with E-state index in [0.29, 0.717) is 29.0 Å². The summed E-state index contributed by atoms with van der Waals surface area (Å²) in [5.74, 6) is 1.62. The summed E-state index contributed by atoms with van der Waals surface area (Å²) in [5.41, 5.74) is 2.69. The zero-order valence-corrected chi connectivity index (χ0v) is 14.8. The van der Waals surface area contributed by atoms with Gasteiger partial charge in [-0.25, -0.2) is 0 Å². The van der Waals surface area contributed by atoms with Crippen molar-refractivity contribution in [3.63, 3.8) is 0 Å². The van der Waals surface area contributed by atoms with Gasteiger partial charge >= 0.3 is 0 Å². The Morgan fingerprint density at radius 1 is 1.11 bits per heavy atom. The molecule has 0 radical (unpaired) electrons. The highest BCUT2D eigenvalue weighted by molar-refractivity contribution is 5.89. The van der Waals surface area contributed by atoms with E-state index in [1.54, 1.807) is 23.8 Å². The number of nitrogens with zero attached hydrogens (tertiary/aromatic N) is 4. The first-order chi connectivity index (χ1) is 13.1. The van der Waals surface area contributed by atoms with Crippen LogP contribution in [0.3, 0.4) is 0 Å². The number of benzene rings is 1. The monoisotopic (exact) mass is 363 g/mol.